The average Bonchev–Trinajstić information content (AvgIpc) is 2.77. The zero-order valence-corrected chi connectivity index (χ0v) is 10.0. The van der Waals surface area contributed by atoms with E-state index in [9.17, 15) is 5.11 Å². The van der Waals surface area contributed by atoms with E-state index in [0.717, 1.165) is 32.1 Å². The normalized spacial score (nSPS) is 23.6. The van der Waals surface area contributed by atoms with E-state index in [1.165, 1.54) is 12.8 Å². The monoisotopic (exact) mass is 215 g/mol. The van der Waals surface area contributed by atoms with Crippen molar-refractivity contribution in [2.75, 3.05) is 26.3 Å². The molecule has 1 aliphatic heterocycles. The lowest BCUT2D eigenvalue weighted by atomic mass is 10.0. The summed E-state index contributed by atoms with van der Waals surface area (Å²) in [6.07, 6.45) is 3.20. The fourth-order valence-corrected chi connectivity index (χ4v) is 2.04. The molecule has 0 aliphatic carbocycles. The van der Waals surface area contributed by atoms with Crippen LogP contribution >= 0.6 is 0 Å². The topological polar surface area (TPSA) is 41.5 Å². The highest BCUT2D eigenvalue weighted by Crippen LogP contribution is 2.16. The van der Waals surface area contributed by atoms with Gasteiger partial charge in [-0.15, -0.1) is 0 Å². The van der Waals surface area contributed by atoms with Gasteiger partial charge in [0.2, 0.25) is 0 Å². The zero-order valence-electron chi connectivity index (χ0n) is 10.0. The standard InChI is InChI=1S/C12H25NO2/c1-3-10(4-2)7-13-8-12(14)11-5-6-15-9-11/h10-14H,3-9H2,1-2H3. The van der Waals surface area contributed by atoms with Gasteiger partial charge in [0.25, 0.3) is 0 Å². The summed E-state index contributed by atoms with van der Waals surface area (Å²) >= 11 is 0. The molecule has 1 saturated heterocycles. The summed E-state index contributed by atoms with van der Waals surface area (Å²) in [6.45, 7) is 7.72. The lowest BCUT2D eigenvalue weighted by Gasteiger charge is -2.19. The highest BCUT2D eigenvalue weighted by molar-refractivity contribution is 4.74. The number of aliphatic hydroxyl groups is 1. The Morgan fingerprint density at radius 2 is 2.07 bits per heavy atom. The smallest absolute Gasteiger partial charge is 0.0715 e. The molecule has 0 aromatic rings. The third kappa shape index (κ3) is 4.49. The highest BCUT2D eigenvalue weighted by Gasteiger charge is 2.23. The highest BCUT2D eigenvalue weighted by atomic mass is 16.5. The third-order valence-electron chi connectivity index (χ3n) is 3.45. The van der Waals surface area contributed by atoms with E-state index in [4.69, 9.17) is 4.74 Å². The van der Waals surface area contributed by atoms with Crippen molar-refractivity contribution >= 4 is 0 Å². The Labute approximate surface area is 93.2 Å². The average molecular weight is 215 g/mol. The predicted molar refractivity (Wildman–Crippen MR) is 61.9 cm³/mol. The first-order valence-electron chi connectivity index (χ1n) is 6.24. The van der Waals surface area contributed by atoms with Gasteiger partial charge in [-0.3, -0.25) is 0 Å². The van der Waals surface area contributed by atoms with Crippen molar-refractivity contribution < 1.29 is 9.84 Å². The SMILES string of the molecule is CCC(CC)CNCC(O)C1CCOC1. The van der Waals surface area contributed by atoms with Crippen molar-refractivity contribution in [1.29, 1.82) is 0 Å². The van der Waals surface area contributed by atoms with Crippen LogP contribution in [0.15, 0.2) is 0 Å². The second kappa shape index (κ2) is 7.20. The van der Waals surface area contributed by atoms with Crippen molar-refractivity contribution in [2.45, 2.75) is 39.2 Å². The minimum atomic E-state index is -0.234. The molecule has 1 heterocycles. The maximum Gasteiger partial charge on any atom is 0.0715 e. The van der Waals surface area contributed by atoms with Crippen molar-refractivity contribution in [2.24, 2.45) is 11.8 Å². The number of nitrogens with one attached hydrogen (secondary N) is 1. The van der Waals surface area contributed by atoms with Crippen molar-refractivity contribution in [3.63, 3.8) is 0 Å². The van der Waals surface area contributed by atoms with Crippen LogP contribution in [-0.2, 0) is 4.74 Å². The van der Waals surface area contributed by atoms with E-state index in [1.54, 1.807) is 0 Å². The van der Waals surface area contributed by atoms with E-state index in [0.29, 0.717) is 12.5 Å². The van der Waals surface area contributed by atoms with Crippen LogP contribution in [0, 0.1) is 11.8 Å². The Kier molecular flexibility index (Phi) is 6.22. The molecular weight excluding hydrogens is 190 g/mol. The maximum atomic E-state index is 9.86. The quantitative estimate of drug-likeness (QED) is 0.674. The lowest BCUT2D eigenvalue weighted by Crippen LogP contribution is -2.35. The van der Waals surface area contributed by atoms with Crippen LogP contribution in [0.4, 0.5) is 0 Å². The summed E-state index contributed by atoms with van der Waals surface area (Å²) < 4.78 is 5.26. The van der Waals surface area contributed by atoms with Gasteiger partial charge in [0.1, 0.15) is 0 Å². The Bertz CT molecular complexity index is 154. The number of hydrogen-bond acceptors (Lipinski definition) is 3. The van der Waals surface area contributed by atoms with Crippen LogP contribution in [0.3, 0.4) is 0 Å². The van der Waals surface area contributed by atoms with Gasteiger partial charge in [0.05, 0.1) is 12.7 Å². The van der Waals surface area contributed by atoms with E-state index >= 15 is 0 Å². The molecule has 0 saturated carbocycles. The summed E-state index contributed by atoms with van der Waals surface area (Å²) in [6, 6.07) is 0. The Balaban J connectivity index is 2.07. The molecule has 15 heavy (non-hydrogen) atoms. The fourth-order valence-electron chi connectivity index (χ4n) is 2.04. The molecule has 0 radical (unpaired) electrons. The fraction of sp³-hybridized carbons (Fsp3) is 1.00. The molecule has 0 bridgehead atoms. The summed E-state index contributed by atoms with van der Waals surface area (Å²) in [4.78, 5) is 0. The molecule has 3 heteroatoms. The molecule has 1 rings (SSSR count). The van der Waals surface area contributed by atoms with E-state index in [1.807, 2.05) is 0 Å². The molecule has 2 atom stereocenters. The summed E-state index contributed by atoms with van der Waals surface area (Å²) in [5.41, 5.74) is 0. The lowest BCUT2D eigenvalue weighted by molar-refractivity contribution is 0.0899. The van der Waals surface area contributed by atoms with Crippen molar-refractivity contribution in [1.82, 2.24) is 5.32 Å². The Morgan fingerprint density at radius 3 is 2.60 bits per heavy atom. The second-order valence-electron chi connectivity index (χ2n) is 4.53. The number of rotatable bonds is 7. The van der Waals surface area contributed by atoms with Gasteiger partial charge in [0.15, 0.2) is 0 Å². The molecular formula is C12H25NO2. The number of ether oxygens (including phenoxy) is 1. The molecule has 0 aromatic carbocycles. The van der Waals surface area contributed by atoms with E-state index in [2.05, 4.69) is 19.2 Å². The van der Waals surface area contributed by atoms with Gasteiger partial charge in [-0.2, -0.15) is 0 Å². The number of aliphatic hydroxyl groups excluding tert-OH is 1. The molecule has 1 aliphatic rings. The molecule has 1 fully saturated rings. The zero-order chi connectivity index (χ0) is 11.1. The molecule has 0 amide bonds. The molecule has 0 aromatic heterocycles. The van der Waals surface area contributed by atoms with Gasteiger partial charge in [-0.25, -0.2) is 0 Å². The largest absolute Gasteiger partial charge is 0.391 e. The Morgan fingerprint density at radius 1 is 1.33 bits per heavy atom. The first-order chi connectivity index (χ1) is 7.27. The van der Waals surface area contributed by atoms with Gasteiger partial charge in [-0.05, 0) is 18.9 Å². The summed E-state index contributed by atoms with van der Waals surface area (Å²) in [5, 5.41) is 13.2. The number of hydrogen-bond donors (Lipinski definition) is 2. The van der Waals surface area contributed by atoms with Crippen molar-refractivity contribution in [3.8, 4) is 0 Å². The van der Waals surface area contributed by atoms with Gasteiger partial charge < -0.3 is 15.2 Å². The van der Waals surface area contributed by atoms with Crippen LogP contribution in [0.2, 0.25) is 0 Å². The first-order valence-corrected chi connectivity index (χ1v) is 6.24. The summed E-state index contributed by atoms with van der Waals surface area (Å²) in [7, 11) is 0. The second-order valence-corrected chi connectivity index (χ2v) is 4.53. The minimum absolute atomic E-state index is 0.234. The third-order valence-corrected chi connectivity index (χ3v) is 3.45. The van der Waals surface area contributed by atoms with E-state index in [-0.39, 0.29) is 6.10 Å². The molecule has 3 nitrogen and oxygen atoms in total. The van der Waals surface area contributed by atoms with Crippen LogP contribution in [0.5, 0.6) is 0 Å². The van der Waals surface area contributed by atoms with Crippen LogP contribution < -0.4 is 5.32 Å². The van der Waals surface area contributed by atoms with E-state index < -0.39 is 0 Å². The van der Waals surface area contributed by atoms with Gasteiger partial charge in [-0.1, -0.05) is 26.7 Å². The van der Waals surface area contributed by atoms with Crippen molar-refractivity contribution in [3.05, 3.63) is 0 Å². The maximum absolute atomic E-state index is 9.86. The Hall–Kier alpha value is -0.120. The van der Waals surface area contributed by atoms with Crippen LogP contribution in [0.1, 0.15) is 33.1 Å². The first kappa shape index (κ1) is 12.9. The molecule has 2 N–H and O–H groups in total. The minimum Gasteiger partial charge on any atom is -0.391 e. The molecule has 0 spiro atoms. The molecule has 90 valence electrons. The molecule has 2 unspecified atom stereocenters. The predicted octanol–water partition coefficient (Wildman–Crippen LogP) is 1.41. The van der Waals surface area contributed by atoms with Gasteiger partial charge in [0, 0.05) is 19.1 Å². The van der Waals surface area contributed by atoms with Crippen LogP contribution in [0.25, 0.3) is 0 Å². The van der Waals surface area contributed by atoms with Crippen LogP contribution in [-0.4, -0.2) is 37.5 Å². The summed E-state index contributed by atoms with van der Waals surface area (Å²) in [5.74, 6) is 1.09. The van der Waals surface area contributed by atoms with Gasteiger partial charge >= 0.3 is 0 Å².